The molecule has 1 heterocycles. The van der Waals surface area contributed by atoms with Crippen LogP contribution in [-0.2, 0) is 11.3 Å². The van der Waals surface area contributed by atoms with Crippen LogP contribution >= 0.6 is 11.6 Å². The summed E-state index contributed by atoms with van der Waals surface area (Å²) in [7, 11) is 0. The highest BCUT2D eigenvalue weighted by atomic mass is 35.5. The molecule has 0 aliphatic rings. The lowest BCUT2D eigenvalue weighted by atomic mass is 10.2. The zero-order chi connectivity index (χ0) is 20.2. The highest BCUT2D eigenvalue weighted by molar-refractivity contribution is 6.31. The normalized spacial score (nSPS) is 10.7. The molecule has 0 saturated heterocycles. The lowest BCUT2D eigenvalue weighted by molar-refractivity contribution is -0.658. The number of nitrogens with one attached hydrogen (secondary N) is 1. The minimum Gasteiger partial charge on any atom is -0.455 e. The molecule has 4 aromatic rings. The van der Waals surface area contributed by atoms with Gasteiger partial charge in [-0.1, -0.05) is 48.5 Å². The quantitative estimate of drug-likeness (QED) is 0.454. The van der Waals surface area contributed by atoms with Crippen LogP contribution in [0.1, 0.15) is 0 Å². The molecule has 0 aliphatic heterocycles. The van der Waals surface area contributed by atoms with E-state index in [-0.39, 0.29) is 12.5 Å². The molecule has 144 valence electrons. The number of imidazole rings is 1. The van der Waals surface area contributed by atoms with E-state index in [9.17, 15) is 4.79 Å². The lowest BCUT2D eigenvalue weighted by Gasteiger charge is -2.12. The maximum Gasteiger partial charge on any atom is 0.266 e. The van der Waals surface area contributed by atoms with Crippen molar-refractivity contribution in [1.29, 1.82) is 0 Å². The Morgan fingerprint density at radius 1 is 1.10 bits per heavy atom. The number of nitrogens with zero attached hydrogens (tertiary/aromatic N) is 2. The van der Waals surface area contributed by atoms with Gasteiger partial charge in [-0.25, -0.2) is 9.13 Å². The summed E-state index contributed by atoms with van der Waals surface area (Å²) >= 11 is 6.14. The number of benzene rings is 3. The molecule has 0 bridgehead atoms. The van der Waals surface area contributed by atoms with Gasteiger partial charge < -0.3 is 10.1 Å². The number of anilines is 1. The van der Waals surface area contributed by atoms with Crippen molar-refractivity contribution in [3.63, 3.8) is 0 Å². The summed E-state index contributed by atoms with van der Waals surface area (Å²) < 4.78 is 9.66. The van der Waals surface area contributed by atoms with Crippen molar-refractivity contribution in [2.75, 3.05) is 5.32 Å². The number of aromatic nitrogens is 2. The number of amides is 1. The predicted molar refractivity (Wildman–Crippen MR) is 115 cm³/mol. The lowest BCUT2D eigenvalue weighted by Crippen LogP contribution is -2.39. The van der Waals surface area contributed by atoms with Gasteiger partial charge in [0.1, 0.15) is 5.75 Å². The van der Waals surface area contributed by atoms with Crippen LogP contribution in [-0.4, -0.2) is 10.5 Å². The van der Waals surface area contributed by atoms with Crippen molar-refractivity contribution in [2.45, 2.75) is 6.54 Å². The van der Waals surface area contributed by atoms with E-state index in [0.717, 1.165) is 11.0 Å². The standard InChI is InChI=1S/C23H18ClN3O2/c1-2-26-16-27(21-11-7-6-10-20(21)26)15-23(28)25-19-14-17(24)12-13-22(19)29-18-8-4-3-5-9-18/h2-14,16H,1,15H2/p+1. The maximum absolute atomic E-state index is 12.8. The maximum atomic E-state index is 12.8. The molecule has 29 heavy (non-hydrogen) atoms. The molecule has 0 spiro atoms. The Morgan fingerprint density at radius 3 is 2.66 bits per heavy atom. The van der Waals surface area contributed by atoms with Gasteiger partial charge in [0.15, 0.2) is 23.3 Å². The van der Waals surface area contributed by atoms with E-state index in [2.05, 4.69) is 11.9 Å². The van der Waals surface area contributed by atoms with Gasteiger partial charge in [0.2, 0.25) is 6.33 Å². The molecular formula is C23H19ClN3O2+. The molecule has 0 fully saturated rings. The Hall–Kier alpha value is -3.57. The fraction of sp³-hybridized carbons (Fsp3) is 0.0435. The van der Waals surface area contributed by atoms with Crippen LogP contribution < -0.4 is 14.6 Å². The number of carbonyl (C=O) groups excluding carboxylic acids is 1. The molecule has 1 aromatic heterocycles. The molecule has 5 nitrogen and oxygen atoms in total. The molecule has 0 aliphatic carbocycles. The third-order valence-electron chi connectivity index (χ3n) is 4.43. The van der Waals surface area contributed by atoms with Crippen LogP contribution in [0.25, 0.3) is 17.2 Å². The number of rotatable bonds is 6. The summed E-state index contributed by atoms with van der Waals surface area (Å²) in [4.78, 5) is 12.8. The highest BCUT2D eigenvalue weighted by Crippen LogP contribution is 2.32. The first-order valence-corrected chi connectivity index (χ1v) is 9.46. The van der Waals surface area contributed by atoms with Crippen LogP contribution in [0, 0.1) is 0 Å². The average Bonchev–Trinajstić information content (AvgIpc) is 3.08. The second kappa shape index (κ2) is 8.20. The second-order valence-corrected chi connectivity index (χ2v) is 6.86. The van der Waals surface area contributed by atoms with Crippen LogP contribution in [0.5, 0.6) is 11.5 Å². The fourth-order valence-electron chi connectivity index (χ4n) is 3.12. The highest BCUT2D eigenvalue weighted by Gasteiger charge is 2.17. The van der Waals surface area contributed by atoms with E-state index in [1.165, 1.54) is 0 Å². The first kappa shape index (κ1) is 18.8. The van der Waals surface area contributed by atoms with Gasteiger partial charge in [-0.2, -0.15) is 0 Å². The van der Waals surface area contributed by atoms with Gasteiger partial charge in [-0.05, 0) is 42.5 Å². The predicted octanol–water partition coefficient (Wildman–Crippen LogP) is 5.11. The SMILES string of the molecule is C=Cn1c[n+](CC(=O)Nc2cc(Cl)ccc2Oc2ccccc2)c2ccccc21. The molecule has 6 heteroatoms. The topological polar surface area (TPSA) is 47.1 Å². The van der Waals surface area contributed by atoms with Gasteiger partial charge in [0.05, 0.1) is 11.9 Å². The molecule has 1 amide bonds. The summed E-state index contributed by atoms with van der Waals surface area (Å²) in [5.41, 5.74) is 2.43. The van der Waals surface area contributed by atoms with Gasteiger partial charge in [-0.15, -0.1) is 0 Å². The van der Waals surface area contributed by atoms with Gasteiger partial charge >= 0.3 is 0 Å². The Balaban J connectivity index is 1.57. The minimum atomic E-state index is -0.192. The van der Waals surface area contributed by atoms with Gasteiger partial charge in [-0.3, -0.25) is 4.79 Å². The Morgan fingerprint density at radius 2 is 1.86 bits per heavy atom. The first-order chi connectivity index (χ1) is 14.1. The second-order valence-electron chi connectivity index (χ2n) is 6.43. The molecular weight excluding hydrogens is 386 g/mol. The molecule has 0 saturated carbocycles. The van der Waals surface area contributed by atoms with Crippen LogP contribution in [0.4, 0.5) is 5.69 Å². The van der Waals surface area contributed by atoms with Gasteiger partial charge in [0, 0.05) is 5.02 Å². The zero-order valence-electron chi connectivity index (χ0n) is 15.6. The number of para-hydroxylation sites is 3. The van der Waals surface area contributed by atoms with E-state index in [1.54, 1.807) is 24.4 Å². The zero-order valence-corrected chi connectivity index (χ0v) is 16.3. The fourth-order valence-corrected chi connectivity index (χ4v) is 3.29. The average molecular weight is 405 g/mol. The number of hydrogen-bond acceptors (Lipinski definition) is 2. The van der Waals surface area contributed by atoms with Crippen molar-refractivity contribution in [3.8, 4) is 11.5 Å². The number of fused-ring (bicyclic) bond motifs is 1. The number of ether oxygens (including phenoxy) is 1. The number of hydrogen-bond donors (Lipinski definition) is 1. The van der Waals surface area contributed by atoms with E-state index in [0.29, 0.717) is 22.2 Å². The van der Waals surface area contributed by atoms with Crippen LogP contribution in [0.3, 0.4) is 0 Å². The van der Waals surface area contributed by atoms with E-state index >= 15 is 0 Å². The third-order valence-corrected chi connectivity index (χ3v) is 4.67. The molecule has 0 atom stereocenters. The monoisotopic (exact) mass is 404 g/mol. The van der Waals surface area contributed by atoms with E-state index in [1.807, 2.05) is 70.1 Å². The number of carbonyl (C=O) groups is 1. The van der Waals surface area contributed by atoms with Crippen molar-refractivity contribution >= 4 is 40.4 Å². The first-order valence-electron chi connectivity index (χ1n) is 9.08. The Bertz CT molecular complexity index is 1190. The molecule has 0 unspecified atom stereocenters. The van der Waals surface area contributed by atoms with Crippen molar-refractivity contribution in [3.05, 3.63) is 90.7 Å². The van der Waals surface area contributed by atoms with E-state index < -0.39 is 0 Å². The Kier molecular flexibility index (Phi) is 5.31. The van der Waals surface area contributed by atoms with Gasteiger partial charge in [0.25, 0.3) is 5.91 Å². The summed E-state index contributed by atoms with van der Waals surface area (Å²) in [6.07, 6.45) is 3.55. The van der Waals surface area contributed by atoms with Crippen LogP contribution in [0.2, 0.25) is 5.02 Å². The largest absolute Gasteiger partial charge is 0.455 e. The Labute approximate surface area is 173 Å². The smallest absolute Gasteiger partial charge is 0.266 e. The molecule has 3 aromatic carbocycles. The van der Waals surface area contributed by atoms with Crippen molar-refractivity contribution in [2.24, 2.45) is 0 Å². The summed E-state index contributed by atoms with van der Waals surface area (Å²) in [5, 5.41) is 3.42. The van der Waals surface area contributed by atoms with E-state index in [4.69, 9.17) is 16.3 Å². The molecule has 4 rings (SSSR count). The third kappa shape index (κ3) is 4.15. The molecule has 0 radical (unpaired) electrons. The van der Waals surface area contributed by atoms with Crippen molar-refractivity contribution in [1.82, 2.24) is 4.57 Å². The van der Waals surface area contributed by atoms with Crippen LogP contribution in [0.15, 0.2) is 85.7 Å². The molecule has 1 N–H and O–H groups in total. The minimum absolute atomic E-state index is 0.138. The summed E-state index contributed by atoms with van der Waals surface area (Å²) in [6, 6.07) is 22.3. The number of halogens is 1. The van der Waals surface area contributed by atoms with Crippen molar-refractivity contribution < 1.29 is 14.1 Å². The summed E-state index contributed by atoms with van der Waals surface area (Å²) in [5.74, 6) is 1.00. The summed E-state index contributed by atoms with van der Waals surface area (Å²) in [6.45, 7) is 3.96.